The van der Waals surface area contributed by atoms with Crippen molar-refractivity contribution in [1.29, 1.82) is 0 Å². The van der Waals surface area contributed by atoms with Crippen LogP contribution in [0.25, 0.3) is 0 Å². The second kappa shape index (κ2) is 2.71. The minimum Gasteiger partial charge on any atom is -0.223 e. The molecule has 9 heavy (non-hydrogen) atoms. The van der Waals surface area contributed by atoms with Crippen molar-refractivity contribution in [3.05, 3.63) is 10.9 Å². The van der Waals surface area contributed by atoms with Gasteiger partial charge in [0.15, 0.2) is 9.84 Å². The van der Waals surface area contributed by atoms with Crippen LogP contribution in [0.2, 0.25) is 0 Å². The molecule has 0 radical (unpaired) electrons. The molecule has 0 atom stereocenters. The SMILES string of the molecule is C=C(Cl)S(=O)(=O)C(C)C. The predicted molar refractivity (Wildman–Crippen MR) is 39.0 cm³/mol. The molecule has 4 heteroatoms. The molecule has 54 valence electrons. The molecule has 0 saturated heterocycles. The number of rotatable bonds is 2. The Morgan fingerprint density at radius 2 is 1.89 bits per heavy atom. The van der Waals surface area contributed by atoms with Crippen LogP contribution in [0, 0.1) is 0 Å². The van der Waals surface area contributed by atoms with Crippen molar-refractivity contribution in [1.82, 2.24) is 0 Å². The van der Waals surface area contributed by atoms with E-state index in [-0.39, 0.29) is 4.36 Å². The summed E-state index contributed by atoms with van der Waals surface area (Å²) in [6.07, 6.45) is 0. The van der Waals surface area contributed by atoms with Gasteiger partial charge in [0.1, 0.15) is 4.36 Å². The predicted octanol–water partition coefficient (Wildman–Crippen LogP) is 1.52. The molecule has 0 amide bonds. The molecule has 0 aromatic rings. The van der Waals surface area contributed by atoms with Gasteiger partial charge in [-0.3, -0.25) is 0 Å². The van der Waals surface area contributed by atoms with Gasteiger partial charge in [-0.05, 0) is 13.8 Å². The maximum absolute atomic E-state index is 10.8. The highest BCUT2D eigenvalue weighted by atomic mass is 35.5. The summed E-state index contributed by atoms with van der Waals surface area (Å²) in [7, 11) is -3.24. The van der Waals surface area contributed by atoms with Gasteiger partial charge in [0.05, 0.1) is 5.25 Å². The van der Waals surface area contributed by atoms with E-state index in [4.69, 9.17) is 11.6 Å². The molecule has 0 saturated carbocycles. The van der Waals surface area contributed by atoms with Gasteiger partial charge in [-0.1, -0.05) is 18.2 Å². The fourth-order valence-corrected chi connectivity index (χ4v) is 1.30. The van der Waals surface area contributed by atoms with Gasteiger partial charge < -0.3 is 0 Å². The third-order valence-electron chi connectivity index (χ3n) is 0.929. The van der Waals surface area contributed by atoms with Crippen molar-refractivity contribution in [2.45, 2.75) is 19.1 Å². The molecule has 0 aromatic carbocycles. The zero-order chi connectivity index (χ0) is 7.65. The minimum absolute atomic E-state index is 0.280. The first kappa shape index (κ1) is 8.98. The summed E-state index contributed by atoms with van der Waals surface area (Å²) in [5, 5.41) is -0.470. The molecular formula is C5H9ClO2S. The Bertz CT molecular complexity index is 203. The zero-order valence-corrected chi connectivity index (χ0v) is 6.96. The van der Waals surface area contributed by atoms with Gasteiger partial charge in [-0.25, -0.2) is 8.42 Å². The Hall–Kier alpha value is -0.0200. The van der Waals surface area contributed by atoms with Gasteiger partial charge in [0.25, 0.3) is 0 Å². The standard InChI is InChI=1S/C5H9ClO2S/c1-4(2)9(7,8)5(3)6/h4H,3H2,1-2H3. The Morgan fingerprint density at radius 1 is 1.56 bits per heavy atom. The summed E-state index contributed by atoms with van der Waals surface area (Å²) in [5.74, 6) is 0. The number of hydrogen-bond donors (Lipinski definition) is 0. The van der Waals surface area contributed by atoms with Crippen LogP contribution in [0.4, 0.5) is 0 Å². The lowest BCUT2D eigenvalue weighted by Crippen LogP contribution is -2.12. The van der Waals surface area contributed by atoms with Crippen LogP contribution in [-0.4, -0.2) is 13.7 Å². The molecule has 0 aliphatic rings. The van der Waals surface area contributed by atoms with Crippen LogP contribution < -0.4 is 0 Å². The minimum atomic E-state index is -3.24. The van der Waals surface area contributed by atoms with Crippen LogP contribution in [0.5, 0.6) is 0 Å². The number of halogens is 1. The first-order valence-electron chi connectivity index (χ1n) is 2.47. The topological polar surface area (TPSA) is 34.1 Å². The van der Waals surface area contributed by atoms with Gasteiger partial charge in [0.2, 0.25) is 0 Å². The normalized spacial score (nSPS) is 12.0. The van der Waals surface area contributed by atoms with E-state index in [1.807, 2.05) is 0 Å². The Kier molecular flexibility index (Phi) is 2.70. The van der Waals surface area contributed by atoms with E-state index < -0.39 is 15.1 Å². The highest BCUT2D eigenvalue weighted by Crippen LogP contribution is 2.13. The molecule has 0 aromatic heterocycles. The third kappa shape index (κ3) is 1.99. The van der Waals surface area contributed by atoms with E-state index in [1.165, 1.54) is 0 Å². The van der Waals surface area contributed by atoms with E-state index in [2.05, 4.69) is 6.58 Å². The van der Waals surface area contributed by atoms with Crippen LogP contribution >= 0.6 is 11.6 Å². The molecular weight excluding hydrogens is 160 g/mol. The van der Waals surface area contributed by atoms with Crippen molar-refractivity contribution in [3.63, 3.8) is 0 Å². The van der Waals surface area contributed by atoms with Crippen molar-refractivity contribution in [2.24, 2.45) is 0 Å². The summed E-state index contributed by atoms with van der Waals surface area (Å²) in [5.41, 5.74) is 0. The molecule has 0 N–H and O–H groups in total. The average Bonchev–Trinajstić information content (AvgIpc) is 1.65. The lowest BCUT2D eigenvalue weighted by atomic mass is 10.6. The number of hydrogen-bond acceptors (Lipinski definition) is 2. The van der Waals surface area contributed by atoms with E-state index in [0.717, 1.165) is 0 Å². The summed E-state index contributed by atoms with van der Waals surface area (Å²) < 4.78 is 21.3. The monoisotopic (exact) mass is 168 g/mol. The van der Waals surface area contributed by atoms with E-state index in [0.29, 0.717) is 0 Å². The molecule has 0 aliphatic carbocycles. The van der Waals surface area contributed by atoms with Gasteiger partial charge in [-0.2, -0.15) is 0 Å². The maximum atomic E-state index is 10.8. The second-order valence-corrected chi connectivity index (χ2v) is 5.15. The lowest BCUT2D eigenvalue weighted by Gasteiger charge is -2.02. The van der Waals surface area contributed by atoms with Crippen LogP contribution in [0.1, 0.15) is 13.8 Å². The first-order chi connectivity index (χ1) is 3.89. The molecule has 0 heterocycles. The van der Waals surface area contributed by atoms with Crippen LogP contribution in [0.15, 0.2) is 10.9 Å². The van der Waals surface area contributed by atoms with Crippen molar-refractivity contribution in [3.8, 4) is 0 Å². The highest BCUT2D eigenvalue weighted by Gasteiger charge is 2.17. The molecule has 0 unspecified atom stereocenters. The first-order valence-corrected chi connectivity index (χ1v) is 4.39. The molecule has 0 bridgehead atoms. The molecule has 0 fully saturated rings. The zero-order valence-electron chi connectivity index (χ0n) is 5.39. The smallest absolute Gasteiger partial charge is 0.190 e. The lowest BCUT2D eigenvalue weighted by molar-refractivity contribution is 0.595. The van der Waals surface area contributed by atoms with Crippen LogP contribution in [0.3, 0.4) is 0 Å². The van der Waals surface area contributed by atoms with E-state index in [1.54, 1.807) is 13.8 Å². The number of sulfone groups is 1. The Balaban J connectivity index is 4.63. The summed E-state index contributed by atoms with van der Waals surface area (Å²) in [6.45, 7) is 6.24. The summed E-state index contributed by atoms with van der Waals surface area (Å²) in [4.78, 5) is 0. The van der Waals surface area contributed by atoms with Crippen molar-refractivity contribution >= 4 is 21.4 Å². The van der Waals surface area contributed by atoms with Crippen LogP contribution in [-0.2, 0) is 9.84 Å². The van der Waals surface area contributed by atoms with Gasteiger partial charge >= 0.3 is 0 Å². The Morgan fingerprint density at radius 3 is 1.89 bits per heavy atom. The largest absolute Gasteiger partial charge is 0.223 e. The maximum Gasteiger partial charge on any atom is 0.190 e. The summed E-state index contributed by atoms with van der Waals surface area (Å²) in [6, 6.07) is 0. The fourth-order valence-electron chi connectivity index (χ4n) is 0.256. The molecule has 0 aliphatic heterocycles. The Labute approximate surface area is 60.4 Å². The molecule has 0 rings (SSSR count). The van der Waals surface area contributed by atoms with E-state index >= 15 is 0 Å². The molecule has 0 spiro atoms. The average molecular weight is 169 g/mol. The fraction of sp³-hybridized carbons (Fsp3) is 0.600. The van der Waals surface area contributed by atoms with E-state index in [9.17, 15) is 8.42 Å². The van der Waals surface area contributed by atoms with Crippen molar-refractivity contribution in [2.75, 3.05) is 0 Å². The second-order valence-electron chi connectivity index (χ2n) is 1.95. The highest BCUT2D eigenvalue weighted by molar-refractivity contribution is 7.97. The third-order valence-corrected chi connectivity index (χ3v) is 3.43. The summed E-state index contributed by atoms with van der Waals surface area (Å²) >= 11 is 5.18. The van der Waals surface area contributed by atoms with Gasteiger partial charge in [0, 0.05) is 0 Å². The van der Waals surface area contributed by atoms with Gasteiger partial charge in [-0.15, -0.1) is 0 Å². The quantitative estimate of drug-likeness (QED) is 0.627. The molecule has 2 nitrogen and oxygen atoms in total. The van der Waals surface area contributed by atoms with Crippen molar-refractivity contribution < 1.29 is 8.42 Å².